The molecule has 0 heterocycles. The predicted octanol–water partition coefficient (Wildman–Crippen LogP) is 4.90. The monoisotopic (exact) mass is 395 g/mol. The van der Waals surface area contributed by atoms with Gasteiger partial charge in [0.2, 0.25) is 5.91 Å². The van der Waals surface area contributed by atoms with Gasteiger partial charge >= 0.3 is 0 Å². The summed E-state index contributed by atoms with van der Waals surface area (Å²) in [5, 5.41) is 6.24. The number of nitrogens with one attached hydrogen (secondary N) is 2. The van der Waals surface area contributed by atoms with Crippen molar-refractivity contribution in [2.45, 2.75) is 51.6 Å². The average Bonchev–Trinajstić information content (AvgIpc) is 2.75. The molecule has 1 aliphatic rings. The molecule has 2 N–H and O–H groups in total. The first-order valence-corrected chi connectivity index (χ1v) is 10.7. The minimum absolute atomic E-state index is 0.0652. The molecule has 2 aromatic carbocycles. The van der Waals surface area contributed by atoms with E-state index in [1.165, 1.54) is 37.7 Å². The minimum atomic E-state index is -0.0652. The molecule has 1 saturated carbocycles. The van der Waals surface area contributed by atoms with Crippen LogP contribution >= 0.6 is 0 Å². The van der Waals surface area contributed by atoms with Gasteiger partial charge in [-0.2, -0.15) is 0 Å². The summed E-state index contributed by atoms with van der Waals surface area (Å²) in [7, 11) is 2.21. The second-order valence-electron chi connectivity index (χ2n) is 7.72. The molecule has 0 bridgehead atoms. The van der Waals surface area contributed by atoms with Crippen LogP contribution in [0.2, 0.25) is 0 Å². The van der Waals surface area contributed by atoms with Crippen molar-refractivity contribution >= 4 is 17.3 Å². The molecule has 2 aromatic rings. The summed E-state index contributed by atoms with van der Waals surface area (Å²) >= 11 is 0. The average molecular weight is 396 g/mol. The summed E-state index contributed by atoms with van der Waals surface area (Å²) in [5.74, 6) is 0.740. The molecule has 1 fully saturated rings. The normalized spacial score (nSPS) is 14.6. The zero-order valence-corrected chi connectivity index (χ0v) is 17.6. The number of ether oxygens (including phenoxy) is 1. The van der Waals surface area contributed by atoms with Gasteiger partial charge < -0.3 is 15.4 Å². The van der Waals surface area contributed by atoms with E-state index in [1.54, 1.807) is 0 Å². The fourth-order valence-electron chi connectivity index (χ4n) is 3.93. The topological polar surface area (TPSA) is 53.6 Å². The highest BCUT2D eigenvalue weighted by Gasteiger charge is 2.18. The summed E-state index contributed by atoms with van der Waals surface area (Å²) < 4.78 is 5.43. The highest BCUT2D eigenvalue weighted by molar-refractivity contribution is 5.93. The van der Waals surface area contributed by atoms with Gasteiger partial charge in [0.15, 0.2) is 0 Å². The zero-order valence-electron chi connectivity index (χ0n) is 17.6. The summed E-state index contributed by atoms with van der Waals surface area (Å²) in [6.07, 6.45) is 6.61. The number of anilines is 2. The Hall–Kier alpha value is -2.53. The standard InChI is InChI=1S/C24H33N3O2/c1-3-29-22-15-13-20(14-16-22)26-24(28)17-25-23-12-8-7-9-19(23)18-27(2)21-10-5-4-6-11-21/h7-9,12-16,21,25H,3-6,10-11,17-18H2,1-2H3,(H,26,28). The highest BCUT2D eigenvalue weighted by Crippen LogP contribution is 2.25. The van der Waals surface area contributed by atoms with E-state index in [-0.39, 0.29) is 12.5 Å². The Bertz CT molecular complexity index is 770. The predicted molar refractivity (Wildman–Crippen MR) is 120 cm³/mol. The van der Waals surface area contributed by atoms with Crippen LogP contribution in [-0.4, -0.2) is 37.0 Å². The molecule has 0 atom stereocenters. The third-order valence-corrected chi connectivity index (χ3v) is 5.52. The first-order valence-electron chi connectivity index (χ1n) is 10.7. The van der Waals surface area contributed by atoms with Crippen LogP contribution in [-0.2, 0) is 11.3 Å². The maximum atomic E-state index is 12.4. The van der Waals surface area contributed by atoms with E-state index in [0.717, 1.165) is 23.7 Å². The Morgan fingerprint density at radius 2 is 1.79 bits per heavy atom. The molecule has 156 valence electrons. The number of benzene rings is 2. The molecule has 0 spiro atoms. The van der Waals surface area contributed by atoms with Crippen LogP contribution < -0.4 is 15.4 Å². The van der Waals surface area contributed by atoms with Crippen molar-refractivity contribution in [3.8, 4) is 5.75 Å². The van der Waals surface area contributed by atoms with Crippen molar-refractivity contribution in [1.82, 2.24) is 4.90 Å². The number of rotatable bonds is 9. The van der Waals surface area contributed by atoms with Gasteiger partial charge in [0.05, 0.1) is 13.2 Å². The van der Waals surface area contributed by atoms with E-state index in [1.807, 2.05) is 43.3 Å². The molecule has 1 amide bonds. The minimum Gasteiger partial charge on any atom is -0.494 e. The van der Waals surface area contributed by atoms with Gasteiger partial charge in [-0.15, -0.1) is 0 Å². The smallest absolute Gasteiger partial charge is 0.243 e. The van der Waals surface area contributed by atoms with Crippen LogP contribution in [0.5, 0.6) is 5.75 Å². The quantitative estimate of drug-likeness (QED) is 0.634. The van der Waals surface area contributed by atoms with Crippen LogP contribution in [0.4, 0.5) is 11.4 Å². The third-order valence-electron chi connectivity index (χ3n) is 5.52. The molecule has 1 aliphatic carbocycles. The second-order valence-corrected chi connectivity index (χ2v) is 7.72. The summed E-state index contributed by atoms with van der Waals surface area (Å²) in [4.78, 5) is 14.8. The first-order chi connectivity index (χ1) is 14.2. The van der Waals surface area contributed by atoms with Crippen molar-refractivity contribution in [3.63, 3.8) is 0 Å². The second kappa shape index (κ2) is 10.9. The Morgan fingerprint density at radius 1 is 1.07 bits per heavy atom. The summed E-state index contributed by atoms with van der Waals surface area (Å²) in [6, 6.07) is 16.4. The number of carbonyl (C=O) groups excluding carboxylic acids is 1. The van der Waals surface area contributed by atoms with Crippen molar-refractivity contribution in [2.75, 3.05) is 30.8 Å². The Morgan fingerprint density at radius 3 is 2.52 bits per heavy atom. The van der Waals surface area contributed by atoms with Gasteiger partial charge in [0, 0.05) is 24.0 Å². The van der Waals surface area contributed by atoms with Crippen LogP contribution in [0.3, 0.4) is 0 Å². The molecule has 0 aliphatic heterocycles. The largest absolute Gasteiger partial charge is 0.494 e. The van der Waals surface area contributed by atoms with Gasteiger partial charge in [-0.25, -0.2) is 0 Å². The number of hydrogen-bond donors (Lipinski definition) is 2. The lowest BCUT2D eigenvalue weighted by atomic mass is 9.94. The van der Waals surface area contributed by atoms with Crippen LogP contribution in [0.1, 0.15) is 44.6 Å². The molecular weight excluding hydrogens is 362 g/mol. The molecule has 5 heteroatoms. The van der Waals surface area contributed by atoms with E-state index < -0.39 is 0 Å². The molecule has 5 nitrogen and oxygen atoms in total. The van der Waals surface area contributed by atoms with Gasteiger partial charge in [0.1, 0.15) is 5.75 Å². The van der Waals surface area contributed by atoms with E-state index in [9.17, 15) is 4.79 Å². The lowest BCUT2D eigenvalue weighted by molar-refractivity contribution is -0.114. The Balaban J connectivity index is 1.52. The van der Waals surface area contributed by atoms with E-state index in [4.69, 9.17) is 4.74 Å². The Labute approximate surface area is 174 Å². The molecule has 0 saturated heterocycles. The number of amides is 1. The van der Waals surface area contributed by atoms with Gasteiger partial charge in [0.25, 0.3) is 0 Å². The summed E-state index contributed by atoms with van der Waals surface area (Å²) in [5.41, 5.74) is 3.03. The van der Waals surface area contributed by atoms with E-state index in [2.05, 4.69) is 34.7 Å². The van der Waals surface area contributed by atoms with Crippen molar-refractivity contribution < 1.29 is 9.53 Å². The maximum Gasteiger partial charge on any atom is 0.243 e. The fourth-order valence-corrected chi connectivity index (χ4v) is 3.93. The lowest BCUT2D eigenvalue weighted by Gasteiger charge is -2.31. The highest BCUT2D eigenvalue weighted by atomic mass is 16.5. The molecule has 0 radical (unpaired) electrons. The zero-order chi connectivity index (χ0) is 20.5. The molecule has 0 aromatic heterocycles. The van der Waals surface area contributed by atoms with Crippen molar-refractivity contribution in [2.24, 2.45) is 0 Å². The maximum absolute atomic E-state index is 12.4. The van der Waals surface area contributed by atoms with Crippen LogP contribution in [0.15, 0.2) is 48.5 Å². The van der Waals surface area contributed by atoms with Crippen LogP contribution in [0, 0.1) is 0 Å². The lowest BCUT2D eigenvalue weighted by Crippen LogP contribution is -2.33. The van der Waals surface area contributed by atoms with Gasteiger partial charge in [-0.3, -0.25) is 9.69 Å². The van der Waals surface area contributed by atoms with Crippen molar-refractivity contribution in [1.29, 1.82) is 0 Å². The van der Waals surface area contributed by atoms with Gasteiger partial charge in [-0.1, -0.05) is 37.5 Å². The number of nitrogens with zero attached hydrogens (tertiary/aromatic N) is 1. The molecule has 29 heavy (non-hydrogen) atoms. The molecular formula is C24H33N3O2. The number of hydrogen-bond acceptors (Lipinski definition) is 4. The third kappa shape index (κ3) is 6.50. The summed E-state index contributed by atoms with van der Waals surface area (Å²) in [6.45, 7) is 3.71. The SMILES string of the molecule is CCOc1ccc(NC(=O)CNc2ccccc2CN(C)C2CCCCC2)cc1. The van der Waals surface area contributed by atoms with Crippen LogP contribution in [0.25, 0.3) is 0 Å². The Kier molecular flexibility index (Phi) is 7.94. The fraction of sp³-hybridized carbons (Fsp3) is 0.458. The number of para-hydroxylation sites is 1. The van der Waals surface area contributed by atoms with Gasteiger partial charge in [-0.05, 0) is 62.7 Å². The van der Waals surface area contributed by atoms with E-state index >= 15 is 0 Å². The molecule has 0 unspecified atom stereocenters. The van der Waals surface area contributed by atoms with Crippen molar-refractivity contribution in [3.05, 3.63) is 54.1 Å². The molecule has 3 rings (SSSR count). The van der Waals surface area contributed by atoms with E-state index in [0.29, 0.717) is 12.6 Å². The first kappa shape index (κ1) is 21.2. The number of carbonyl (C=O) groups is 1.